The Bertz CT molecular complexity index is 1610. The van der Waals surface area contributed by atoms with Crippen LogP contribution in [0.4, 0.5) is 0 Å². The van der Waals surface area contributed by atoms with E-state index in [-0.39, 0.29) is 64.6 Å². The van der Waals surface area contributed by atoms with Crippen molar-refractivity contribution in [3.05, 3.63) is 47.5 Å². The van der Waals surface area contributed by atoms with Crippen molar-refractivity contribution in [2.75, 3.05) is 85.7 Å². The number of carboxylic acid groups (broad SMARTS) is 3. The molecule has 5 atom stereocenters. The van der Waals surface area contributed by atoms with E-state index in [0.717, 1.165) is 50.0 Å². The van der Waals surface area contributed by atoms with Crippen molar-refractivity contribution in [3.8, 4) is 22.6 Å². The van der Waals surface area contributed by atoms with Gasteiger partial charge in [-0.3, -0.25) is 4.79 Å². The highest BCUT2D eigenvalue weighted by molar-refractivity contribution is 6.22. The first kappa shape index (κ1) is 46.5. The third-order valence-electron chi connectivity index (χ3n) is 10.3. The molecule has 2 aromatic rings. The molecule has 322 valence electrons. The number of carbonyl (C=O) groups excluding carboxylic acids is 1. The Morgan fingerprint density at radius 1 is 0.655 bits per heavy atom. The number of nitrogens with zero attached hydrogens (tertiary/aromatic N) is 1. The molecule has 1 heterocycles. The molecule has 1 fully saturated rings. The standard InChI is InChI=1S/C42H59NO15/c1-4-28(14-16-53-29-10-12-31-32-13-11-30(54-17-15-43(5-2)6-3)27-34(32)36(44)33(31)26-29)8-7-9-35-37(40(45)46)56-23-19-52-21-25-58-39(42(49)50)38(41(47)48)57-24-20-51-18-22-55-35/h10-13,26-28,35,37-39H,4-9,14-25H2,1-3H3,(H,45,46)(H,47,48)(H,49,50). The van der Waals surface area contributed by atoms with Crippen molar-refractivity contribution in [1.29, 1.82) is 0 Å². The van der Waals surface area contributed by atoms with Gasteiger partial charge in [-0.2, -0.15) is 0 Å². The van der Waals surface area contributed by atoms with Crippen molar-refractivity contribution in [2.45, 2.75) is 77.3 Å². The van der Waals surface area contributed by atoms with Gasteiger partial charge in [-0.1, -0.05) is 40.0 Å². The van der Waals surface area contributed by atoms with Gasteiger partial charge in [0.1, 0.15) is 18.1 Å². The fourth-order valence-corrected chi connectivity index (χ4v) is 6.95. The number of hydrogen-bond acceptors (Lipinski definition) is 13. The predicted molar refractivity (Wildman–Crippen MR) is 210 cm³/mol. The van der Waals surface area contributed by atoms with E-state index in [1.165, 1.54) is 0 Å². The van der Waals surface area contributed by atoms with E-state index in [9.17, 15) is 34.5 Å². The van der Waals surface area contributed by atoms with Crippen LogP contribution in [0.2, 0.25) is 0 Å². The quantitative estimate of drug-likeness (QED) is 0.162. The monoisotopic (exact) mass is 817 g/mol. The highest BCUT2D eigenvalue weighted by atomic mass is 16.6. The smallest absolute Gasteiger partial charge is 0.336 e. The summed E-state index contributed by atoms with van der Waals surface area (Å²) in [6, 6.07) is 11.3. The molecule has 0 aromatic heterocycles. The van der Waals surface area contributed by atoms with Crippen molar-refractivity contribution < 1.29 is 72.4 Å². The van der Waals surface area contributed by atoms with E-state index in [1.807, 2.05) is 30.3 Å². The average Bonchev–Trinajstić information content (AvgIpc) is 3.48. The molecule has 1 aliphatic heterocycles. The molecule has 3 N–H and O–H groups in total. The molecule has 0 spiro atoms. The number of fused-ring (bicyclic) bond motifs is 3. The topological polar surface area (TPSA) is 206 Å². The molecular formula is C42H59NO15. The number of aliphatic carboxylic acids is 3. The Morgan fingerprint density at radius 2 is 1.14 bits per heavy atom. The van der Waals surface area contributed by atoms with E-state index in [2.05, 4.69) is 25.7 Å². The van der Waals surface area contributed by atoms with Gasteiger partial charge >= 0.3 is 17.9 Å². The summed E-state index contributed by atoms with van der Waals surface area (Å²) in [7, 11) is 0. The minimum atomic E-state index is -1.77. The highest BCUT2D eigenvalue weighted by Gasteiger charge is 2.36. The van der Waals surface area contributed by atoms with E-state index in [1.54, 1.807) is 6.07 Å². The van der Waals surface area contributed by atoms with Crippen LogP contribution in [0.1, 0.15) is 68.8 Å². The summed E-state index contributed by atoms with van der Waals surface area (Å²) in [5.74, 6) is -2.65. The largest absolute Gasteiger partial charge is 0.494 e. The maximum Gasteiger partial charge on any atom is 0.336 e. The third kappa shape index (κ3) is 14.0. The van der Waals surface area contributed by atoms with Crippen molar-refractivity contribution in [2.24, 2.45) is 5.92 Å². The molecule has 5 unspecified atom stereocenters. The minimum Gasteiger partial charge on any atom is -0.494 e. The van der Waals surface area contributed by atoms with E-state index in [4.69, 9.17) is 37.9 Å². The maximum atomic E-state index is 13.4. The number of benzene rings is 2. The number of carbonyl (C=O) groups is 4. The van der Waals surface area contributed by atoms with Crippen LogP contribution in [0.5, 0.6) is 11.5 Å². The molecule has 0 radical (unpaired) electrons. The lowest BCUT2D eigenvalue weighted by atomic mass is 9.94. The van der Waals surface area contributed by atoms with Crippen molar-refractivity contribution >= 4 is 23.7 Å². The van der Waals surface area contributed by atoms with Gasteiger partial charge in [0.15, 0.2) is 24.1 Å². The van der Waals surface area contributed by atoms with Crippen LogP contribution in [0.3, 0.4) is 0 Å². The molecule has 58 heavy (non-hydrogen) atoms. The zero-order valence-corrected chi connectivity index (χ0v) is 33.8. The Hall–Kier alpha value is -4.16. The molecule has 16 nitrogen and oxygen atoms in total. The Balaban J connectivity index is 1.26. The Kier molecular flexibility index (Phi) is 19.8. The van der Waals surface area contributed by atoms with Gasteiger partial charge in [0.2, 0.25) is 0 Å². The number of rotatable bonds is 18. The van der Waals surface area contributed by atoms with Crippen LogP contribution in [0, 0.1) is 5.92 Å². The lowest BCUT2D eigenvalue weighted by Crippen LogP contribution is -2.44. The Labute approximate surface area is 339 Å². The first-order valence-electron chi connectivity index (χ1n) is 20.2. The zero-order valence-electron chi connectivity index (χ0n) is 33.8. The van der Waals surface area contributed by atoms with Gasteiger partial charge in [0.25, 0.3) is 0 Å². The SMILES string of the molecule is CCC(CCCC1OCCOCCOC(C(=O)O)C(C(=O)O)OCCOCCOC1C(=O)O)CCOc1ccc2c(c1)C(=O)c1cc(OCCN(CC)CC)ccc1-2. The second kappa shape index (κ2) is 24.7. The normalized spacial score (nSPS) is 21.6. The van der Waals surface area contributed by atoms with Gasteiger partial charge in [0.05, 0.1) is 65.6 Å². The maximum absolute atomic E-state index is 13.4. The fraction of sp³-hybridized carbons (Fsp3) is 0.619. The summed E-state index contributed by atoms with van der Waals surface area (Å²) >= 11 is 0. The van der Waals surface area contributed by atoms with Gasteiger partial charge in [-0.25, -0.2) is 14.4 Å². The number of likely N-dealkylation sites (N-methyl/N-ethyl adjacent to an activating group) is 1. The molecule has 2 aliphatic rings. The lowest BCUT2D eigenvalue weighted by Gasteiger charge is -2.26. The van der Waals surface area contributed by atoms with Crippen LogP contribution in [-0.2, 0) is 42.8 Å². The fourth-order valence-electron chi connectivity index (χ4n) is 6.95. The summed E-state index contributed by atoms with van der Waals surface area (Å²) in [4.78, 5) is 51.3. The zero-order chi connectivity index (χ0) is 41.9. The summed E-state index contributed by atoms with van der Waals surface area (Å²) in [6.45, 7) is 9.42. The Morgan fingerprint density at radius 3 is 1.62 bits per heavy atom. The number of hydrogen-bond donors (Lipinski definition) is 3. The van der Waals surface area contributed by atoms with Crippen LogP contribution < -0.4 is 9.47 Å². The molecule has 1 aliphatic carbocycles. The molecule has 0 bridgehead atoms. The first-order valence-corrected chi connectivity index (χ1v) is 20.2. The number of carboxylic acids is 3. The number of ketones is 1. The predicted octanol–water partition coefficient (Wildman–Crippen LogP) is 4.43. The summed E-state index contributed by atoms with van der Waals surface area (Å²) in [5, 5.41) is 29.0. The molecule has 4 rings (SSSR count). The second-order valence-electron chi connectivity index (χ2n) is 14.0. The second-order valence-corrected chi connectivity index (χ2v) is 14.0. The van der Waals surface area contributed by atoms with Crippen molar-refractivity contribution in [1.82, 2.24) is 4.90 Å². The molecule has 0 amide bonds. The van der Waals surface area contributed by atoms with Gasteiger partial charge in [-0.15, -0.1) is 0 Å². The van der Waals surface area contributed by atoms with Crippen LogP contribution in [0.25, 0.3) is 11.1 Å². The molecule has 16 heteroatoms. The summed E-state index contributed by atoms with van der Waals surface area (Å²) in [6.07, 6.45) is -2.09. The summed E-state index contributed by atoms with van der Waals surface area (Å²) < 4.78 is 45.1. The van der Waals surface area contributed by atoms with Crippen LogP contribution >= 0.6 is 0 Å². The van der Waals surface area contributed by atoms with Crippen molar-refractivity contribution in [3.63, 3.8) is 0 Å². The molecule has 0 saturated carbocycles. The minimum absolute atomic E-state index is 0.0177. The van der Waals surface area contributed by atoms with E-state index >= 15 is 0 Å². The number of ether oxygens (including phenoxy) is 8. The van der Waals surface area contributed by atoms with E-state index < -0.39 is 42.3 Å². The lowest BCUT2D eigenvalue weighted by molar-refractivity contribution is -0.180. The average molecular weight is 818 g/mol. The van der Waals surface area contributed by atoms with Gasteiger partial charge in [0, 0.05) is 17.7 Å². The molecular weight excluding hydrogens is 758 g/mol. The van der Waals surface area contributed by atoms with E-state index in [0.29, 0.717) is 48.7 Å². The first-order chi connectivity index (χ1) is 28.1. The third-order valence-corrected chi connectivity index (χ3v) is 10.3. The van der Waals surface area contributed by atoms with Gasteiger partial charge < -0.3 is 58.1 Å². The van der Waals surface area contributed by atoms with Gasteiger partial charge in [-0.05, 0) is 79.4 Å². The van der Waals surface area contributed by atoms with Crippen LogP contribution in [-0.4, -0.2) is 154 Å². The molecule has 2 aromatic carbocycles. The van der Waals surface area contributed by atoms with Crippen LogP contribution in [0.15, 0.2) is 36.4 Å². The highest BCUT2D eigenvalue weighted by Crippen LogP contribution is 2.40. The molecule has 1 saturated heterocycles. The summed E-state index contributed by atoms with van der Waals surface area (Å²) in [5.41, 5.74) is 2.99.